The van der Waals surface area contributed by atoms with Gasteiger partial charge < -0.3 is 19.1 Å². The number of aromatic nitrogens is 1. The Morgan fingerprint density at radius 3 is 2.36 bits per heavy atom. The Labute approximate surface area is 196 Å². The van der Waals surface area contributed by atoms with Crippen LogP contribution in [0.4, 0.5) is 0 Å². The molecule has 7 heteroatoms. The second kappa shape index (κ2) is 9.50. The molecule has 1 amide bonds. The number of carbonyl (C=O) groups is 1. The molecule has 3 aromatic carbocycles. The summed E-state index contributed by atoms with van der Waals surface area (Å²) >= 11 is 1.52. The minimum atomic E-state index is 0.0341. The summed E-state index contributed by atoms with van der Waals surface area (Å²) in [6, 6.07) is 22.7. The highest BCUT2D eigenvalue weighted by Crippen LogP contribution is 2.32. The van der Waals surface area contributed by atoms with E-state index < -0.39 is 0 Å². The lowest BCUT2D eigenvalue weighted by Crippen LogP contribution is -2.41. The molecular weight excluding hydrogens is 436 g/mol. The molecular formula is C26H24N2O4S. The SMILES string of the molecule is COc1ccc2nc(OC3CCN(C(=O)c4ccc(Oc5ccccc5)cc4)CC3)sc2c1. The van der Waals surface area contributed by atoms with Gasteiger partial charge in [-0.3, -0.25) is 4.79 Å². The van der Waals surface area contributed by atoms with E-state index in [1.165, 1.54) is 11.3 Å². The largest absolute Gasteiger partial charge is 0.497 e. The molecule has 0 atom stereocenters. The average Bonchev–Trinajstić information content (AvgIpc) is 3.26. The number of likely N-dealkylation sites (tertiary alicyclic amines) is 1. The van der Waals surface area contributed by atoms with Crippen LogP contribution in [0.3, 0.4) is 0 Å². The molecule has 5 rings (SSSR count). The van der Waals surface area contributed by atoms with E-state index in [2.05, 4.69) is 4.98 Å². The van der Waals surface area contributed by atoms with Crippen LogP contribution in [0.5, 0.6) is 22.4 Å². The van der Waals surface area contributed by atoms with E-state index in [9.17, 15) is 4.79 Å². The second-order valence-electron chi connectivity index (χ2n) is 7.86. The fraction of sp³-hybridized carbons (Fsp3) is 0.231. The van der Waals surface area contributed by atoms with Gasteiger partial charge in [0.05, 0.1) is 17.3 Å². The monoisotopic (exact) mass is 460 g/mol. The normalized spacial score (nSPS) is 14.3. The van der Waals surface area contributed by atoms with Gasteiger partial charge in [-0.05, 0) is 54.6 Å². The number of fused-ring (bicyclic) bond motifs is 1. The summed E-state index contributed by atoms with van der Waals surface area (Å²) in [6.07, 6.45) is 1.61. The van der Waals surface area contributed by atoms with Gasteiger partial charge in [0.1, 0.15) is 23.4 Å². The molecule has 0 N–H and O–H groups in total. The van der Waals surface area contributed by atoms with Crippen molar-refractivity contribution >= 4 is 27.5 Å². The van der Waals surface area contributed by atoms with Gasteiger partial charge in [-0.25, -0.2) is 4.98 Å². The van der Waals surface area contributed by atoms with Crippen molar-refractivity contribution in [1.82, 2.24) is 9.88 Å². The lowest BCUT2D eigenvalue weighted by molar-refractivity contribution is 0.0595. The van der Waals surface area contributed by atoms with Crippen LogP contribution in [0.1, 0.15) is 23.2 Å². The third-order valence-corrected chi connectivity index (χ3v) is 6.56. The number of ether oxygens (including phenoxy) is 3. The highest BCUT2D eigenvalue weighted by molar-refractivity contribution is 7.20. The number of amides is 1. The molecule has 1 fully saturated rings. The Kier molecular flexibility index (Phi) is 6.13. The maximum absolute atomic E-state index is 12.9. The Hall–Kier alpha value is -3.58. The van der Waals surface area contributed by atoms with Crippen LogP contribution in [0.15, 0.2) is 72.8 Å². The molecule has 1 saturated heterocycles. The fourth-order valence-corrected chi connectivity index (χ4v) is 4.76. The summed E-state index contributed by atoms with van der Waals surface area (Å²) < 4.78 is 18.3. The first-order valence-electron chi connectivity index (χ1n) is 10.9. The van der Waals surface area contributed by atoms with Crippen molar-refractivity contribution in [3.05, 3.63) is 78.4 Å². The Balaban J connectivity index is 1.15. The first-order chi connectivity index (χ1) is 16.2. The van der Waals surface area contributed by atoms with Crippen molar-refractivity contribution in [3.8, 4) is 22.4 Å². The molecule has 0 saturated carbocycles. The molecule has 1 aliphatic heterocycles. The quantitative estimate of drug-likeness (QED) is 0.365. The molecule has 33 heavy (non-hydrogen) atoms. The first kappa shape index (κ1) is 21.3. The minimum Gasteiger partial charge on any atom is -0.497 e. The van der Waals surface area contributed by atoms with E-state index in [4.69, 9.17) is 14.2 Å². The van der Waals surface area contributed by atoms with Crippen molar-refractivity contribution in [2.45, 2.75) is 18.9 Å². The third-order valence-electron chi connectivity index (χ3n) is 5.65. The van der Waals surface area contributed by atoms with Crippen molar-refractivity contribution in [2.75, 3.05) is 20.2 Å². The van der Waals surface area contributed by atoms with Gasteiger partial charge in [0.25, 0.3) is 11.1 Å². The molecule has 0 radical (unpaired) electrons. The van der Waals surface area contributed by atoms with Crippen molar-refractivity contribution in [2.24, 2.45) is 0 Å². The van der Waals surface area contributed by atoms with Crippen LogP contribution >= 0.6 is 11.3 Å². The van der Waals surface area contributed by atoms with E-state index in [1.54, 1.807) is 7.11 Å². The maximum Gasteiger partial charge on any atom is 0.274 e. The van der Waals surface area contributed by atoms with Crippen LogP contribution in [0.2, 0.25) is 0 Å². The molecule has 0 bridgehead atoms. The number of piperidine rings is 1. The number of nitrogens with zero attached hydrogens (tertiary/aromatic N) is 2. The molecule has 1 aliphatic rings. The van der Waals surface area contributed by atoms with E-state index in [0.29, 0.717) is 29.6 Å². The van der Waals surface area contributed by atoms with Gasteiger partial charge in [0, 0.05) is 31.5 Å². The zero-order valence-corrected chi connectivity index (χ0v) is 19.1. The third kappa shape index (κ3) is 4.93. The topological polar surface area (TPSA) is 60.9 Å². The number of hydrogen-bond donors (Lipinski definition) is 0. The predicted octanol–water partition coefficient (Wildman–Crippen LogP) is 5.78. The molecule has 2 heterocycles. The molecule has 6 nitrogen and oxygen atoms in total. The minimum absolute atomic E-state index is 0.0341. The van der Waals surface area contributed by atoms with Crippen LogP contribution in [-0.2, 0) is 0 Å². The van der Waals surface area contributed by atoms with Gasteiger partial charge in [0.15, 0.2) is 0 Å². The number of carbonyl (C=O) groups excluding carboxylic acids is 1. The number of hydrogen-bond acceptors (Lipinski definition) is 6. The van der Waals surface area contributed by atoms with E-state index >= 15 is 0 Å². The Morgan fingerprint density at radius 1 is 0.939 bits per heavy atom. The van der Waals surface area contributed by atoms with E-state index in [-0.39, 0.29) is 12.0 Å². The van der Waals surface area contributed by atoms with E-state index in [1.807, 2.05) is 77.7 Å². The fourth-order valence-electron chi connectivity index (χ4n) is 3.85. The summed E-state index contributed by atoms with van der Waals surface area (Å²) in [5.41, 5.74) is 1.57. The Morgan fingerprint density at radius 2 is 1.64 bits per heavy atom. The first-order valence-corrected chi connectivity index (χ1v) is 11.7. The lowest BCUT2D eigenvalue weighted by atomic mass is 10.1. The summed E-state index contributed by atoms with van der Waals surface area (Å²) in [4.78, 5) is 19.4. The maximum atomic E-state index is 12.9. The summed E-state index contributed by atoms with van der Waals surface area (Å²) in [7, 11) is 1.65. The van der Waals surface area contributed by atoms with Gasteiger partial charge in [-0.1, -0.05) is 29.5 Å². The van der Waals surface area contributed by atoms with Crippen molar-refractivity contribution < 1.29 is 19.0 Å². The molecule has 0 spiro atoms. The molecule has 1 aromatic heterocycles. The highest BCUT2D eigenvalue weighted by atomic mass is 32.1. The lowest BCUT2D eigenvalue weighted by Gasteiger charge is -2.31. The summed E-state index contributed by atoms with van der Waals surface area (Å²) in [5, 5.41) is 0.664. The Bertz CT molecular complexity index is 1230. The number of para-hydroxylation sites is 1. The van der Waals surface area contributed by atoms with Crippen molar-refractivity contribution in [3.63, 3.8) is 0 Å². The van der Waals surface area contributed by atoms with E-state index in [0.717, 1.165) is 34.6 Å². The van der Waals surface area contributed by atoms with Crippen LogP contribution in [0, 0.1) is 0 Å². The number of methoxy groups -OCH3 is 1. The standard InChI is InChI=1S/C26H24N2O4S/c1-30-22-11-12-23-24(17-22)33-26(27-23)32-21-13-15-28(16-14-21)25(29)18-7-9-20(10-8-18)31-19-5-3-2-4-6-19/h2-12,17,21H,13-16H2,1H3. The number of rotatable bonds is 6. The smallest absolute Gasteiger partial charge is 0.274 e. The van der Waals surface area contributed by atoms with Gasteiger partial charge in [-0.15, -0.1) is 0 Å². The van der Waals surface area contributed by atoms with Gasteiger partial charge in [0.2, 0.25) is 0 Å². The molecule has 168 valence electrons. The summed E-state index contributed by atoms with van der Waals surface area (Å²) in [6.45, 7) is 1.31. The molecule has 4 aromatic rings. The number of thiazole rings is 1. The zero-order chi connectivity index (χ0) is 22.6. The molecule has 0 aliphatic carbocycles. The van der Waals surface area contributed by atoms with Crippen LogP contribution < -0.4 is 14.2 Å². The van der Waals surface area contributed by atoms with Gasteiger partial charge >= 0.3 is 0 Å². The summed E-state index contributed by atoms with van der Waals surface area (Å²) in [5.74, 6) is 2.32. The van der Waals surface area contributed by atoms with Gasteiger partial charge in [-0.2, -0.15) is 0 Å². The zero-order valence-electron chi connectivity index (χ0n) is 18.3. The van der Waals surface area contributed by atoms with Crippen LogP contribution in [0.25, 0.3) is 10.2 Å². The second-order valence-corrected chi connectivity index (χ2v) is 8.86. The molecule has 0 unspecified atom stereocenters. The predicted molar refractivity (Wildman–Crippen MR) is 129 cm³/mol. The van der Waals surface area contributed by atoms with Crippen LogP contribution in [-0.4, -0.2) is 42.1 Å². The average molecular weight is 461 g/mol. The highest BCUT2D eigenvalue weighted by Gasteiger charge is 2.25. The number of benzene rings is 3. The van der Waals surface area contributed by atoms with Crippen molar-refractivity contribution in [1.29, 1.82) is 0 Å².